The van der Waals surface area contributed by atoms with Crippen LogP contribution < -0.4 is 0 Å². The molecule has 0 aliphatic carbocycles. The van der Waals surface area contributed by atoms with Gasteiger partial charge < -0.3 is 20.4 Å². The fraction of sp³-hybridized carbons (Fsp3) is 1.00. The van der Waals surface area contributed by atoms with Gasteiger partial charge in [-0.05, 0) is 6.42 Å². The zero-order chi connectivity index (χ0) is 9.59. The second kappa shape index (κ2) is 3.18. The van der Waals surface area contributed by atoms with E-state index >= 15 is 0 Å². The highest BCUT2D eigenvalue weighted by atomic mass is 16.3. The van der Waals surface area contributed by atoms with E-state index in [1.54, 1.807) is 4.90 Å². The first-order valence-electron chi connectivity index (χ1n) is 4.57. The lowest BCUT2D eigenvalue weighted by Gasteiger charge is -2.22. The minimum atomic E-state index is -0.940. The molecule has 0 spiro atoms. The number of hydrogen-bond acceptors (Lipinski definition) is 5. The monoisotopic (exact) mass is 189 g/mol. The SMILES string of the molecule is OC[C@H]1[C@H](O)[C@H](O)[C@@H]2[C@H](O)CCN21. The van der Waals surface area contributed by atoms with Crippen LogP contribution in [0.1, 0.15) is 6.42 Å². The number of aliphatic hydroxyl groups is 4. The third-order valence-electron chi connectivity index (χ3n) is 3.17. The second-order valence-electron chi connectivity index (χ2n) is 3.82. The zero-order valence-electron chi connectivity index (χ0n) is 7.24. The van der Waals surface area contributed by atoms with Crippen molar-refractivity contribution in [3.63, 3.8) is 0 Å². The van der Waals surface area contributed by atoms with Crippen LogP contribution in [-0.4, -0.2) is 68.9 Å². The van der Waals surface area contributed by atoms with Crippen LogP contribution in [0.15, 0.2) is 0 Å². The molecule has 0 aromatic carbocycles. The molecule has 0 bridgehead atoms. The van der Waals surface area contributed by atoms with Crippen molar-refractivity contribution in [2.75, 3.05) is 13.2 Å². The number of hydrogen-bond donors (Lipinski definition) is 4. The maximum absolute atomic E-state index is 9.58. The molecule has 0 unspecified atom stereocenters. The van der Waals surface area contributed by atoms with E-state index in [9.17, 15) is 15.3 Å². The standard InChI is InChI=1S/C8H15NO4/c10-3-4-7(12)8(13)6-5(11)1-2-9(4)6/h4-8,10-13H,1-3H2/t4-,5+,6-,7-,8+/m0/s1. The Morgan fingerprint density at radius 2 is 1.85 bits per heavy atom. The summed E-state index contributed by atoms with van der Waals surface area (Å²) < 4.78 is 0. The molecular formula is C8H15NO4. The van der Waals surface area contributed by atoms with Crippen LogP contribution >= 0.6 is 0 Å². The summed E-state index contributed by atoms with van der Waals surface area (Å²) in [5.41, 5.74) is 0. The van der Waals surface area contributed by atoms with E-state index in [-0.39, 0.29) is 6.61 Å². The second-order valence-corrected chi connectivity index (χ2v) is 3.82. The van der Waals surface area contributed by atoms with E-state index in [1.807, 2.05) is 0 Å². The molecular weight excluding hydrogens is 174 g/mol. The Labute approximate surface area is 76.2 Å². The quantitative estimate of drug-likeness (QED) is 0.367. The highest BCUT2D eigenvalue weighted by molar-refractivity contribution is 5.06. The van der Waals surface area contributed by atoms with Gasteiger partial charge in [0.2, 0.25) is 0 Å². The predicted octanol–water partition coefficient (Wildman–Crippen LogP) is -2.48. The minimum absolute atomic E-state index is 0.179. The zero-order valence-corrected chi connectivity index (χ0v) is 7.24. The van der Waals surface area contributed by atoms with Gasteiger partial charge in [-0.1, -0.05) is 0 Å². The van der Waals surface area contributed by atoms with E-state index in [2.05, 4.69) is 0 Å². The van der Waals surface area contributed by atoms with Gasteiger partial charge in [-0.2, -0.15) is 0 Å². The average molecular weight is 189 g/mol. The van der Waals surface area contributed by atoms with Gasteiger partial charge in [0.25, 0.3) is 0 Å². The third kappa shape index (κ3) is 1.19. The summed E-state index contributed by atoms with van der Waals surface area (Å²) in [6.45, 7) is 0.451. The molecule has 2 aliphatic heterocycles. The summed E-state index contributed by atoms with van der Waals surface area (Å²) in [4.78, 5) is 1.79. The van der Waals surface area contributed by atoms with Gasteiger partial charge >= 0.3 is 0 Å². The lowest BCUT2D eigenvalue weighted by atomic mass is 10.0. The predicted molar refractivity (Wildman–Crippen MR) is 44.0 cm³/mol. The first-order valence-corrected chi connectivity index (χ1v) is 4.57. The van der Waals surface area contributed by atoms with Gasteiger partial charge in [0, 0.05) is 6.54 Å². The van der Waals surface area contributed by atoms with E-state index in [0.29, 0.717) is 13.0 Å². The van der Waals surface area contributed by atoms with Gasteiger partial charge in [-0.3, -0.25) is 4.90 Å². The molecule has 5 nitrogen and oxygen atoms in total. The molecule has 13 heavy (non-hydrogen) atoms. The first-order chi connectivity index (χ1) is 6.16. The normalized spacial score (nSPS) is 51.2. The van der Waals surface area contributed by atoms with Gasteiger partial charge in [0.05, 0.1) is 37.0 Å². The highest BCUT2D eigenvalue weighted by Gasteiger charge is 2.52. The Morgan fingerprint density at radius 1 is 1.15 bits per heavy atom. The molecule has 2 saturated heterocycles. The Bertz CT molecular complexity index is 201. The summed E-state index contributed by atoms with van der Waals surface area (Å²) >= 11 is 0. The molecule has 5 atom stereocenters. The van der Waals surface area contributed by atoms with Crippen LogP contribution in [0.5, 0.6) is 0 Å². The smallest absolute Gasteiger partial charge is 0.0995 e. The minimum Gasteiger partial charge on any atom is -0.395 e. The Morgan fingerprint density at radius 3 is 2.46 bits per heavy atom. The van der Waals surface area contributed by atoms with E-state index < -0.39 is 30.4 Å². The summed E-state index contributed by atoms with van der Waals surface area (Å²) in [5, 5.41) is 37.6. The fourth-order valence-electron chi connectivity index (χ4n) is 2.47. The summed E-state index contributed by atoms with van der Waals surface area (Å²) in [6, 6.07) is -0.815. The lowest BCUT2D eigenvalue weighted by molar-refractivity contribution is -0.000895. The molecule has 0 aromatic heterocycles. The van der Waals surface area contributed by atoms with Crippen molar-refractivity contribution in [2.24, 2.45) is 0 Å². The van der Waals surface area contributed by atoms with Crippen LogP contribution in [-0.2, 0) is 0 Å². The number of rotatable bonds is 1. The van der Waals surface area contributed by atoms with Gasteiger partial charge in [-0.15, -0.1) is 0 Å². The number of fused-ring (bicyclic) bond motifs is 1. The van der Waals surface area contributed by atoms with Crippen LogP contribution in [0.2, 0.25) is 0 Å². The van der Waals surface area contributed by atoms with Crippen molar-refractivity contribution in [1.82, 2.24) is 4.90 Å². The Balaban J connectivity index is 2.19. The average Bonchev–Trinajstić information content (AvgIpc) is 2.57. The molecule has 0 aromatic rings. The Hall–Kier alpha value is -0.200. The molecule has 2 fully saturated rings. The van der Waals surface area contributed by atoms with Crippen molar-refractivity contribution in [1.29, 1.82) is 0 Å². The lowest BCUT2D eigenvalue weighted by Crippen LogP contribution is -2.39. The number of nitrogens with zero attached hydrogens (tertiary/aromatic N) is 1. The van der Waals surface area contributed by atoms with Gasteiger partial charge in [0.1, 0.15) is 0 Å². The topological polar surface area (TPSA) is 84.2 Å². The Kier molecular flexibility index (Phi) is 2.29. The van der Waals surface area contributed by atoms with Crippen LogP contribution in [0, 0.1) is 0 Å². The highest BCUT2D eigenvalue weighted by Crippen LogP contribution is 2.33. The van der Waals surface area contributed by atoms with Crippen molar-refractivity contribution in [3.8, 4) is 0 Å². The van der Waals surface area contributed by atoms with Gasteiger partial charge in [0.15, 0.2) is 0 Å². The summed E-state index contributed by atoms with van der Waals surface area (Å²) in [5.74, 6) is 0. The largest absolute Gasteiger partial charge is 0.395 e. The van der Waals surface area contributed by atoms with Crippen LogP contribution in [0.4, 0.5) is 0 Å². The maximum atomic E-state index is 9.58. The van der Waals surface area contributed by atoms with Gasteiger partial charge in [-0.25, -0.2) is 0 Å². The maximum Gasteiger partial charge on any atom is 0.0995 e. The molecule has 2 heterocycles. The van der Waals surface area contributed by atoms with E-state index in [4.69, 9.17) is 5.11 Å². The summed E-state index contributed by atoms with van der Waals surface area (Å²) in [7, 11) is 0. The van der Waals surface area contributed by atoms with Crippen molar-refractivity contribution in [2.45, 2.75) is 36.8 Å². The third-order valence-corrected chi connectivity index (χ3v) is 3.17. The van der Waals surface area contributed by atoms with Crippen molar-refractivity contribution >= 4 is 0 Å². The van der Waals surface area contributed by atoms with Crippen molar-refractivity contribution in [3.05, 3.63) is 0 Å². The van der Waals surface area contributed by atoms with E-state index in [0.717, 1.165) is 0 Å². The molecule has 4 N–H and O–H groups in total. The number of aliphatic hydroxyl groups excluding tert-OH is 4. The van der Waals surface area contributed by atoms with Crippen molar-refractivity contribution < 1.29 is 20.4 Å². The molecule has 5 heteroatoms. The molecule has 2 rings (SSSR count). The first kappa shape index (κ1) is 9.36. The molecule has 2 aliphatic rings. The molecule has 0 saturated carbocycles. The molecule has 0 amide bonds. The summed E-state index contributed by atoms with van der Waals surface area (Å²) in [6.07, 6.45) is -1.86. The molecule has 76 valence electrons. The van der Waals surface area contributed by atoms with Crippen LogP contribution in [0.3, 0.4) is 0 Å². The fourth-order valence-corrected chi connectivity index (χ4v) is 2.47. The van der Waals surface area contributed by atoms with E-state index in [1.165, 1.54) is 0 Å². The van der Waals surface area contributed by atoms with Crippen LogP contribution in [0.25, 0.3) is 0 Å². The molecule has 0 radical (unpaired) electrons.